The number of rotatable bonds is 6. The van der Waals surface area contributed by atoms with Gasteiger partial charge in [0.2, 0.25) is 0 Å². The second-order valence-electron chi connectivity index (χ2n) is 4.18. The highest BCUT2D eigenvalue weighted by Gasteiger charge is 2.10. The summed E-state index contributed by atoms with van der Waals surface area (Å²) >= 11 is 0. The van der Waals surface area contributed by atoms with E-state index in [9.17, 15) is 9.18 Å². The summed E-state index contributed by atoms with van der Waals surface area (Å²) in [5.74, 6) is -0.269. The maximum absolute atomic E-state index is 13.3. The Balaban J connectivity index is 2.60. The Hall–Kier alpha value is -1.42. The highest BCUT2D eigenvalue weighted by atomic mass is 19.1. The van der Waals surface area contributed by atoms with E-state index in [0.29, 0.717) is 18.1 Å². The summed E-state index contributed by atoms with van der Waals surface area (Å²) in [5.41, 5.74) is 0.298. The van der Waals surface area contributed by atoms with Gasteiger partial charge >= 0.3 is 0 Å². The Morgan fingerprint density at radius 2 is 2.12 bits per heavy atom. The van der Waals surface area contributed by atoms with Crippen LogP contribution in [-0.4, -0.2) is 26.1 Å². The number of methoxy groups -OCH3 is 1. The SMILES string of the molecule is COc1ccc(C(=O)COCC(C)C)cc1F. The van der Waals surface area contributed by atoms with Crippen LogP contribution in [-0.2, 0) is 4.74 Å². The quantitative estimate of drug-likeness (QED) is 0.717. The van der Waals surface area contributed by atoms with E-state index in [2.05, 4.69) is 0 Å². The van der Waals surface area contributed by atoms with Gasteiger partial charge in [0.05, 0.1) is 7.11 Å². The van der Waals surface area contributed by atoms with Gasteiger partial charge in [-0.1, -0.05) is 13.8 Å². The van der Waals surface area contributed by atoms with Gasteiger partial charge < -0.3 is 9.47 Å². The van der Waals surface area contributed by atoms with Crippen molar-refractivity contribution in [1.29, 1.82) is 0 Å². The minimum Gasteiger partial charge on any atom is -0.494 e. The van der Waals surface area contributed by atoms with Gasteiger partial charge in [0, 0.05) is 12.2 Å². The molecule has 0 N–H and O–H groups in total. The van der Waals surface area contributed by atoms with E-state index in [-0.39, 0.29) is 18.1 Å². The van der Waals surface area contributed by atoms with Crippen molar-refractivity contribution in [2.24, 2.45) is 5.92 Å². The summed E-state index contributed by atoms with van der Waals surface area (Å²) in [5, 5.41) is 0. The van der Waals surface area contributed by atoms with Crippen LogP contribution in [0, 0.1) is 11.7 Å². The number of hydrogen-bond acceptors (Lipinski definition) is 3. The maximum Gasteiger partial charge on any atom is 0.188 e. The fourth-order valence-corrected chi connectivity index (χ4v) is 1.31. The van der Waals surface area contributed by atoms with Crippen LogP contribution in [0.25, 0.3) is 0 Å². The normalized spacial score (nSPS) is 10.6. The number of ether oxygens (including phenoxy) is 2. The van der Waals surface area contributed by atoms with Crippen LogP contribution in [0.5, 0.6) is 5.75 Å². The zero-order chi connectivity index (χ0) is 12.8. The number of hydrogen-bond donors (Lipinski definition) is 0. The van der Waals surface area contributed by atoms with Crippen LogP contribution in [0.2, 0.25) is 0 Å². The Bertz CT molecular complexity index is 388. The summed E-state index contributed by atoms with van der Waals surface area (Å²) in [7, 11) is 1.38. The highest BCUT2D eigenvalue weighted by molar-refractivity contribution is 5.97. The molecule has 0 heterocycles. The van der Waals surface area contributed by atoms with Crippen LogP contribution in [0.3, 0.4) is 0 Å². The fraction of sp³-hybridized carbons (Fsp3) is 0.462. The molecule has 0 saturated heterocycles. The molecule has 0 bridgehead atoms. The summed E-state index contributed by atoms with van der Waals surface area (Å²) in [6, 6.07) is 4.13. The van der Waals surface area contributed by atoms with Crippen molar-refractivity contribution in [2.45, 2.75) is 13.8 Å². The van der Waals surface area contributed by atoms with Crippen molar-refractivity contribution in [3.05, 3.63) is 29.6 Å². The van der Waals surface area contributed by atoms with Gasteiger partial charge in [-0.3, -0.25) is 4.79 Å². The van der Waals surface area contributed by atoms with E-state index in [1.807, 2.05) is 13.8 Å². The summed E-state index contributed by atoms with van der Waals surface area (Å²) in [6.07, 6.45) is 0. The van der Waals surface area contributed by atoms with E-state index >= 15 is 0 Å². The van der Waals surface area contributed by atoms with E-state index in [0.717, 1.165) is 0 Å². The predicted octanol–water partition coefficient (Wildman–Crippen LogP) is 2.69. The zero-order valence-electron chi connectivity index (χ0n) is 10.3. The lowest BCUT2D eigenvalue weighted by atomic mass is 10.1. The Kier molecular flexibility index (Phi) is 5.10. The zero-order valence-corrected chi connectivity index (χ0v) is 10.3. The Morgan fingerprint density at radius 1 is 1.41 bits per heavy atom. The van der Waals surface area contributed by atoms with Crippen molar-refractivity contribution in [3.8, 4) is 5.75 Å². The van der Waals surface area contributed by atoms with Crippen molar-refractivity contribution in [3.63, 3.8) is 0 Å². The second kappa shape index (κ2) is 6.35. The summed E-state index contributed by atoms with van der Waals surface area (Å²) in [6.45, 7) is 4.49. The molecule has 1 rings (SSSR count). The molecule has 4 heteroatoms. The average Bonchev–Trinajstić information content (AvgIpc) is 2.28. The molecular formula is C13H17FO3. The molecule has 0 radical (unpaired) electrons. The number of halogens is 1. The van der Waals surface area contributed by atoms with E-state index < -0.39 is 5.82 Å². The molecule has 0 atom stereocenters. The standard InChI is InChI=1S/C13H17FO3/c1-9(2)7-17-8-12(15)10-4-5-13(16-3)11(14)6-10/h4-6,9H,7-8H2,1-3H3. The topological polar surface area (TPSA) is 35.5 Å². The molecule has 0 amide bonds. The van der Waals surface area contributed by atoms with E-state index in [1.165, 1.54) is 25.3 Å². The molecule has 3 nitrogen and oxygen atoms in total. The van der Waals surface area contributed by atoms with Gasteiger partial charge in [0.1, 0.15) is 6.61 Å². The number of carbonyl (C=O) groups is 1. The third-order valence-corrected chi connectivity index (χ3v) is 2.16. The Morgan fingerprint density at radius 3 is 2.65 bits per heavy atom. The lowest BCUT2D eigenvalue weighted by molar-refractivity contribution is 0.0705. The first-order chi connectivity index (χ1) is 8.04. The van der Waals surface area contributed by atoms with Crippen molar-refractivity contribution >= 4 is 5.78 Å². The van der Waals surface area contributed by atoms with Crippen LogP contribution in [0.15, 0.2) is 18.2 Å². The van der Waals surface area contributed by atoms with Gasteiger partial charge in [-0.15, -0.1) is 0 Å². The monoisotopic (exact) mass is 240 g/mol. The molecule has 0 aliphatic carbocycles. The molecule has 0 spiro atoms. The summed E-state index contributed by atoms with van der Waals surface area (Å²) < 4.78 is 23.3. The first-order valence-corrected chi connectivity index (χ1v) is 5.49. The molecule has 1 aromatic carbocycles. The smallest absolute Gasteiger partial charge is 0.188 e. The molecule has 17 heavy (non-hydrogen) atoms. The molecule has 0 saturated carbocycles. The van der Waals surface area contributed by atoms with E-state index in [1.54, 1.807) is 0 Å². The van der Waals surface area contributed by atoms with E-state index in [4.69, 9.17) is 9.47 Å². The number of benzene rings is 1. The van der Waals surface area contributed by atoms with Crippen LogP contribution in [0.4, 0.5) is 4.39 Å². The highest BCUT2D eigenvalue weighted by Crippen LogP contribution is 2.17. The summed E-state index contributed by atoms with van der Waals surface area (Å²) in [4.78, 5) is 11.6. The van der Waals surface area contributed by atoms with Crippen molar-refractivity contribution in [1.82, 2.24) is 0 Å². The number of Topliss-reactive ketones (excluding diaryl/α,β-unsaturated/α-hetero) is 1. The average molecular weight is 240 g/mol. The van der Waals surface area contributed by atoms with Crippen LogP contribution >= 0.6 is 0 Å². The van der Waals surface area contributed by atoms with Crippen molar-refractivity contribution in [2.75, 3.05) is 20.3 Å². The molecule has 1 aromatic rings. The molecular weight excluding hydrogens is 223 g/mol. The van der Waals surface area contributed by atoms with Crippen molar-refractivity contribution < 1.29 is 18.7 Å². The molecule has 0 unspecified atom stereocenters. The number of carbonyl (C=O) groups excluding carboxylic acids is 1. The lowest BCUT2D eigenvalue weighted by Gasteiger charge is -2.07. The fourth-order valence-electron chi connectivity index (χ4n) is 1.31. The Labute approximate surface area is 101 Å². The van der Waals surface area contributed by atoms with Gasteiger partial charge in [0.25, 0.3) is 0 Å². The third kappa shape index (κ3) is 4.15. The lowest BCUT2D eigenvalue weighted by Crippen LogP contribution is -2.12. The predicted molar refractivity (Wildman–Crippen MR) is 62.9 cm³/mol. The molecule has 0 aliphatic rings. The van der Waals surface area contributed by atoms with Gasteiger partial charge in [0.15, 0.2) is 17.3 Å². The van der Waals surface area contributed by atoms with Gasteiger partial charge in [-0.05, 0) is 24.1 Å². The molecule has 94 valence electrons. The first kappa shape index (κ1) is 13.6. The second-order valence-corrected chi connectivity index (χ2v) is 4.18. The largest absolute Gasteiger partial charge is 0.494 e. The molecule has 0 fully saturated rings. The minimum atomic E-state index is -0.540. The number of ketones is 1. The molecule has 0 aliphatic heterocycles. The third-order valence-electron chi connectivity index (χ3n) is 2.16. The van der Waals surface area contributed by atoms with Crippen LogP contribution in [0.1, 0.15) is 24.2 Å². The molecule has 0 aromatic heterocycles. The maximum atomic E-state index is 13.3. The van der Waals surface area contributed by atoms with Crippen LogP contribution < -0.4 is 4.74 Å². The van der Waals surface area contributed by atoms with Gasteiger partial charge in [-0.2, -0.15) is 0 Å². The minimum absolute atomic E-state index is 0.0239. The van der Waals surface area contributed by atoms with Gasteiger partial charge in [-0.25, -0.2) is 4.39 Å². The first-order valence-electron chi connectivity index (χ1n) is 5.49.